The van der Waals surface area contributed by atoms with Crippen LogP contribution >= 0.6 is 12.3 Å². The molecule has 37 heavy (non-hydrogen) atoms. The van der Waals surface area contributed by atoms with Crippen LogP contribution < -0.4 is 5.73 Å². The summed E-state index contributed by atoms with van der Waals surface area (Å²) in [6.45, 7) is -0.440. The SMILES string of the molecule is Nc1ccc2c(S(=O)(=O)O)cccc2c1N=Nc1ccc(S(=O)(=O)CCOSOOO)cc1S(=O)(=O)O. The van der Waals surface area contributed by atoms with Crippen molar-refractivity contribution in [3.63, 3.8) is 0 Å². The third kappa shape index (κ3) is 6.98. The van der Waals surface area contributed by atoms with E-state index >= 15 is 0 Å². The van der Waals surface area contributed by atoms with E-state index < -0.39 is 62.8 Å². The van der Waals surface area contributed by atoms with Gasteiger partial charge in [-0.25, -0.2) is 13.7 Å². The number of sulfone groups is 1. The first-order valence-electron chi connectivity index (χ1n) is 9.57. The van der Waals surface area contributed by atoms with Crippen molar-refractivity contribution in [1.29, 1.82) is 0 Å². The van der Waals surface area contributed by atoms with Crippen molar-refractivity contribution in [2.75, 3.05) is 18.1 Å². The number of azo groups is 1. The summed E-state index contributed by atoms with van der Waals surface area (Å²) in [5.74, 6) is -0.636. The minimum Gasteiger partial charge on any atom is -0.397 e. The van der Waals surface area contributed by atoms with Crippen LogP contribution in [0, 0.1) is 0 Å². The molecule has 5 N–H and O–H groups in total. The maximum absolute atomic E-state index is 12.5. The highest BCUT2D eigenvalue weighted by atomic mass is 32.2. The number of nitrogen functional groups attached to an aromatic ring is 1. The minimum absolute atomic E-state index is 0.0183. The van der Waals surface area contributed by atoms with E-state index in [9.17, 15) is 34.4 Å². The predicted molar refractivity (Wildman–Crippen MR) is 129 cm³/mol. The third-order valence-electron chi connectivity index (χ3n) is 4.67. The Bertz CT molecular complexity index is 1670. The van der Waals surface area contributed by atoms with Crippen LogP contribution in [0.15, 0.2) is 73.4 Å². The number of hydrogen-bond acceptors (Lipinski definition) is 14. The third-order valence-corrected chi connectivity index (χ3v) is 8.52. The molecule has 0 heterocycles. The average Bonchev–Trinajstić information content (AvgIpc) is 2.81. The van der Waals surface area contributed by atoms with E-state index in [-0.39, 0.29) is 34.5 Å². The van der Waals surface area contributed by atoms with Gasteiger partial charge in [0.15, 0.2) is 22.2 Å². The molecule has 0 radical (unpaired) electrons. The first kappa shape index (κ1) is 28.8. The molecule has 0 amide bonds. The lowest BCUT2D eigenvalue weighted by atomic mass is 10.1. The smallest absolute Gasteiger partial charge is 0.296 e. The van der Waals surface area contributed by atoms with Crippen LogP contribution in [-0.2, 0) is 43.6 Å². The number of nitrogens with zero attached hydrogens (tertiary/aromatic N) is 2. The van der Waals surface area contributed by atoms with E-state index in [0.717, 1.165) is 18.2 Å². The molecule has 0 spiro atoms. The fourth-order valence-electron chi connectivity index (χ4n) is 3.08. The first-order valence-corrected chi connectivity index (χ1v) is 14.8. The van der Waals surface area contributed by atoms with Gasteiger partial charge in [-0.2, -0.15) is 16.8 Å². The molecule has 0 saturated carbocycles. The van der Waals surface area contributed by atoms with Gasteiger partial charge >= 0.3 is 0 Å². The van der Waals surface area contributed by atoms with Crippen molar-refractivity contribution in [3.8, 4) is 0 Å². The van der Waals surface area contributed by atoms with Crippen LogP contribution in [0.3, 0.4) is 0 Å². The average molecular weight is 596 g/mol. The standard InChI is InChI=1S/C18H17N3O12S4/c19-14-6-5-12-13(2-1-3-16(12)36(25,26)27)18(14)21-20-15-7-4-11(10-17(15)37(28,29)30)35(23,24)9-8-31-34-33-32-22/h1-7,10,22H,8-9,19H2,(H,25,26,27)(H,28,29,30). The van der Waals surface area contributed by atoms with E-state index in [1.807, 2.05) is 0 Å². The molecule has 0 aromatic heterocycles. The topological polar surface area (TPSA) is 242 Å². The quantitative estimate of drug-likeness (QED) is 0.0473. The predicted octanol–water partition coefficient (Wildman–Crippen LogP) is 3.11. The lowest BCUT2D eigenvalue weighted by Crippen LogP contribution is -2.12. The summed E-state index contributed by atoms with van der Waals surface area (Å²) in [6, 6.07) is 9.20. The van der Waals surface area contributed by atoms with Gasteiger partial charge in [0, 0.05) is 10.8 Å². The van der Waals surface area contributed by atoms with Gasteiger partial charge in [0.25, 0.3) is 20.2 Å². The minimum atomic E-state index is -4.99. The summed E-state index contributed by atoms with van der Waals surface area (Å²) in [7, 11) is -13.7. The van der Waals surface area contributed by atoms with Crippen molar-refractivity contribution in [2.24, 2.45) is 10.2 Å². The van der Waals surface area contributed by atoms with Crippen molar-refractivity contribution in [2.45, 2.75) is 14.7 Å². The van der Waals surface area contributed by atoms with Crippen LogP contribution in [-0.4, -0.2) is 52.0 Å². The van der Waals surface area contributed by atoms with Gasteiger partial charge in [-0.05, 0) is 30.3 Å². The van der Waals surface area contributed by atoms with E-state index in [4.69, 9.17) is 11.0 Å². The Morgan fingerprint density at radius 1 is 0.865 bits per heavy atom. The molecule has 3 aromatic rings. The Morgan fingerprint density at radius 2 is 1.57 bits per heavy atom. The molecular weight excluding hydrogens is 578 g/mol. The molecule has 0 atom stereocenters. The zero-order chi connectivity index (χ0) is 27.4. The molecule has 0 aliphatic heterocycles. The molecule has 3 rings (SSSR count). The highest BCUT2D eigenvalue weighted by molar-refractivity contribution is 7.91. The molecule has 0 aliphatic carbocycles. The first-order chi connectivity index (χ1) is 17.3. The van der Waals surface area contributed by atoms with E-state index in [1.165, 1.54) is 24.3 Å². The molecule has 0 unspecified atom stereocenters. The maximum atomic E-state index is 12.5. The number of benzene rings is 3. The second-order valence-corrected chi connectivity index (χ2v) is 12.4. The van der Waals surface area contributed by atoms with Gasteiger partial charge in [-0.1, -0.05) is 23.2 Å². The largest absolute Gasteiger partial charge is 0.397 e. The van der Waals surface area contributed by atoms with Crippen LogP contribution in [0.25, 0.3) is 10.8 Å². The fourth-order valence-corrected chi connectivity index (χ4v) is 5.94. The number of rotatable bonds is 11. The van der Waals surface area contributed by atoms with E-state index in [0.29, 0.717) is 6.07 Å². The Morgan fingerprint density at radius 3 is 2.22 bits per heavy atom. The second-order valence-electron chi connectivity index (χ2n) is 6.99. The Labute approximate surface area is 214 Å². The zero-order valence-corrected chi connectivity index (χ0v) is 21.4. The molecule has 0 fully saturated rings. The van der Waals surface area contributed by atoms with Gasteiger partial charge < -0.3 is 5.73 Å². The molecule has 0 aliphatic rings. The maximum Gasteiger partial charge on any atom is 0.296 e. The van der Waals surface area contributed by atoms with Crippen molar-refractivity contribution in [3.05, 3.63) is 48.5 Å². The molecular formula is C18H17N3O12S4. The molecule has 0 bridgehead atoms. The number of fused-ring (bicyclic) bond motifs is 1. The summed E-state index contributed by atoms with van der Waals surface area (Å²) in [5.41, 5.74) is 5.42. The monoisotopic (exact) mass is 595 g/mol. The normalized spacial score (nSPS) is 12.9. The summed E-state index contributed by atoms with van der Waals surface area (Å²) in [4.78, 5) is -1.80. The Hall–Kier alpha value is -2.72. The molecule has 15 nitrogen and oxygen atoms in total. The summed E-state index contributed by atoms with van der Waals surface area (Å²) >= 11 is 0.150. The van der Waals surface area contributed by atoms with E-state index in [2.05, 4.69) is 23.8 Å². The van der Waals surface area contributed by atoms with Crippen LogP contribution in [0.2, 0.25) is 0 Å². The molecule has 3 aromatic carbocycles. The summed E-state index contributed by atoms with van der Waals surface area (Å²) in [5, 5.41) is 19.1. The molecule has 200 valence electrons. The van der Waals surface area contributed by atoms with Crippen molar-refractivity contribution >= 4 is 70.2 Å². The summed E-state index contributed by atoms with van der Waals surface area (Å²) in [6.07, 6.45) is 0. The summed E-state index contributed by atoms with van der Waals surface area (Å²) < 4.78 is 100. The second kappa shape index (κ2) is 11.3. The van der Waals surface area contributed by atoms with Gasteiger partial charge in [0.05, 0.1) is 22.9 Å². The number of hydrogen-bond donors (Lipinski definition) is 4. The highest BCUT2D eigenvalue weighted by Crippen LogP contribution is 2.37. The highest BCUT2D eigenvalue weighted by Gasteiger charge is 2.23. The van der Waals surface area contributed by atoms with Gasteiger partial charge in [0.2, 0.25) is 0 Å². The zero-order valence-electron chi connectivity index (χ0n) is 18.2. The van der Waals surface area contributed by atoms with Crippen molar-refractivity contribution < 1.29 is 53.2 Å². The molecule has 0 saturated heterocycles. The lowest BCUT2D eigenvalue weighted by Gasteiger charge is -2.09. The number of nitrogens with two attached hydrogens (primary N) is 1. The van der Waals surface area contributed by atoms with Gasteiger partial charge in [0.1, 0.15) is 21.2 Å². The van der Waals surface area contributed by atoms with Crippen molar-refractivity contribution in [1.82, 2.24) is 0 Å². The lowest BCUT2D eigenvalue weighted by molar-refractivity contribution is -0.434. The van der Waals surface area contributed by atoms with Gasteiger partial charge in [-0.3, -0.25) is 13.3 Å². The molecule has 19 heteroatoms. The van der Waals surface area contributed by atoms with Crippen LogP contribution in [0.1, 0.15) is 0 Å². The van der Waals surface area contributed by atoms with Gasteiger partial charge in [-0.15, -0.1) is 14.6 Å². The number of anilines is 1. The van der Waals surface area contributed by atoms with E-state index in [1.54, 1.807) is 0 Å². The van der Waals surface area contributed by atoms with Crippen LogP contribution in [0.5, 0.6) is 0 Å². The van der Waals surface area contributed by atoms with Crippen LogP contribution in [0.4, 0.5) is 17.1 Å². The Kier molecular flexibility index (Phi) is 8.85. The Balaban J connectivity index is 2.04. The fraction of sp³-hybridized carbons (Fsp3) is 0.111.